The molecular weight excluding hydrogens is 396 g/mol. The Morgan fingerprint density at radius 1 is 1.03 bits per heavy atom. The summed E-state index contributed by atoms with van der Waals surface area (Å²) in [5.41, 5.74) is 1.36. The summed E-state index contributed by atoms with van der Waals surface area (Å²) >= 11 is 0. The molecule has 2 aromatic rings. The molecule has 0 atom stereocenters. The summed E-state index contributed by atoms with van der Waals surface area (Å²) in [6.45, 7) is 0.739. The molecule has 4 bridgehead atoms. The number of carbonyl (C=O) groups excluding carboxylic acids is 2. The lowest BCUT2D eigenvalue weighted by Gasteiger charge is -2.56. The van der Waals surface area contributed by atoms with Crippen LogP contribution in [0.5, 0.6) is 0 Å². The van der Waals surface area contributed by atoms with Crippen molar-refractivity contribution in [3.63, 3.8) is 0 Å². The van der Waals surface area contributed by atoms with Gasteiger partial charge in [0.05, 0.1) is 6.42 Å². The zero-order chi connectivity index (χ0) is 21.6. The van der Waals surface area contributed by atoms with Crippen LogP contribution in [0.1, 0.15) is 65.9 Å². The Kier molecular flexibility index (Phi) is 4.95. The summed E-state index contributed by atoms with van der Waals surface area (Å²) in [5.74, 6) is 0.919. The molecule has 4 saturated carbocycles. The van der Waals surface area contributed by atoms with Crippen molar-refractivity contribution in [2.75, 3.05) is 13.1 Å². The van der Waals surface area contributed by atoms with E-state index >= 15 is 0 Å². The van der Waals surface area contributed by atoms with Gasteiger partial charge >= 0.3 is 5.97 Å². The van der Waals surface area contributed by atoms with E-state index in [1.165, 1.54) is 44.7 Å². The van der Waals surface area contributed by atoms with Crippen LogP contribution in [0.4, 0.5) is 0 Å². The first-order chi connectivity index (χ1) is 14.9. The first-order valence-electron chi connectivity index (χ1n) is 11.2. The second kappa shape index (κ2) is 7.66. The fourth-order valence-electron chi connectivity index (χ4n) is 6.54. The molecule has 2 heterocycles. The van der Waals surface area contributed by atoms with Crippen molar-refractivity contribution in [3.8, 4) is 0 Å². The van der Waals surface area contributed by atoms with Crippen LogP contribution in [-0.4, -0.2) is 45.4 Å². The minimum absolute atomic E-state index is 0.0282. The highest BCUT2D eigenvalue weighted by Gasteiger charge is 2.50. The summed E-state index contributed by atoms with van der Waals surface area (Å²) in [6, 6.07) is 5.23. The highest BCUT2D eigenvalue weighted by molar-refractivity contribution is 5.95. The second-order valence-electron chi connectivity index (χ2n) is 9.77. The van der Waals surface area contributed by atoms with E-state index in [2.05, 4.69) is 15.6 Å². The summed E-state index contributed by atoms with van der Waals surface area (Å²) in [6.07, 6.45) is 9.19. The average Bonchev–Trinajstić information content (AvgIpc) is 3.15. The largest absolute Gasteiger partial charge is 0.481 e. The molecule has 164 valence electrons. The molecule has 31 heavy (non-hydrogen) atoms. The lowest BCUT2D eigenvalue weighted by molar-refractivity contribution is -0.136. The maximum absolute atomic E-state index is 13.1. The molecular formula is C23H28N4O4. The fourth-order valence-corrected chi connectivity index (χ4v) is 6.54. The lowest BCUT2D eigenvalue weighted by Crippen LogP contribution is -2.51. The van der Waals surface area contributed by atoms with Gasteiger partial charge in [-0.1, -0.05) is 6.07 Å². The quantitative estimate of drug-likeness (QED) is 0.632. The van der Waals surface area contributed by atoms with Crippen molar-refractivity contribution in [2.24, 2.45) is 23.2 Å². The molecule has 0 spiro atoms. The van der Waals surface area contributed by atoms with E-state index in [9.17, 15) is 14.4 Å². The second-order valence-corrected chi connectivity index (χ2v) is 9.77. The van der Waals surface area contributed by atoms with Gasteiger partial charge < -0.3 is 15.7 Å². The minimum atomic E-state index is -0.978. The summed E-state index contributed by atoms with van der Waals surface area (Å²) in [7, 11) is 0. The van der Waals surface area contributed by atoms with E-state index in [0.717, 1.165) is 17.8 Å². The van der Waals surface area contributed by atoms with Crippen LogP contribution >= 0.6 is 0 Å². The number of aliphatic carboxylic acids is 1. The standard InChI is InChI=1S/C23H28N4O4/c28-20(29)4-5-24-21(30)17-12-27-18(2-1-3-19(27)26-17)22(31)25-13-23-9-14-6-15(10-23)8-16(7-14)11-23/h1-3,12,14-16H,4-11,13H2,(H,24,30)(H,25,31)(H,28,29). The smallest absolute Gasteiger partial charge is 0.305 e. The number of hydrogen-bond acceptors (Lipinski definition) is 4. The lowest BCUT2D eigenvalue weighted by atomic mass is 9.49. The number of nitrogens with one attached hydrogen (secondary N) is 2. The van der Waals surface area contributed by atoms with Crippen LogP contribution in [0, 0.1) is 23.2 Å². The summed E-state index contributed by atoms with van der Waals surface area (Å²) in [5, 5.41) is 14.4. The van der Waals surface area contributed by atoms with Crippen LogP contribution in [0.15, 0.2) is 24.4 Å². The van der Waals surface area contributed by atoms with Crippen LogP contribution in [0.3, 0.4) is 0 Å². The first kappa shape index (κ1) is 20.0. The van der Waals surface area contributed by atoms with Gasteiger partial charge in [0.2, 0.25) is 0 Å². The molecule has 0 radical (unpaired) electrons. The Labute approximate surface area is 180 Å². The van der Waals surface area contributed by atoms with Crippen molar-refractivity contribution < 1.29 is 19.5 Å². The summed E-state index contributed by atoms with van der Waals surface area (Å²) < 4.78 is 1.63. The number of rotatable bonds is 7. The Morgan fingerprint density at radius 2 is 1.71 bits per heavy atom. The Bertz CT molecular complexity index is 1010. The Morgan fingerprint density at radius 3 is 2.35 bits per heavy atom. The minimum Gasteiger partial charge on any atom is -0.481 e. The van der Waals surface area contributed by atoms with Crippen LogP contribution in [0.2, 0.25) is 0 Å². The number of carboxylic acid groups (broad SMARTS) is 1. The first-order valence-corrected chi connectivity index (χ1v) is 11.2. The van der Waals surface area contributed by atoms with Crippen molar-refractivity contribution in [1.82, 2.24) is 20.0 Å². The molecule has 0 unspecified atom stereocenters. The Hall–Kier alpha value is -2.90. The van der Waals surface area contributed by atoms with E-state index in [4.69, 9.17) is 5.11 Å². The monoisotopic (exact) mass is 424 g/mol. The normalized spacial score (nSPS) is 28.6. The zero-order valence-electron chi connectivity index (χ0n) is 17.5. The van der Waals surface area contributed by atoms with Gasteiger partial charge in [-0.2, -0.15) is 0 Å². The number of pyridine rings is 1. The van der Waals surface area contributed by atoms with Crippen LogP contribution in [-0.2, 0) is 4.79 Å². The van der Waals surface area contributed by atoms with Crippen molar-refractivity contribution in [2.45, 2.75) is 44.9 Å². The third-order valence-corrected chi connectivity index (χ3v) is 7.37. The predicted molar refractivity (Wildman–Crippen MR) is 113 cm³/mol. The zero-order valence-corrected chi connectivity index (χ0v) is 17.5. The molecule has 4 aliphatic rings. The molecule has 0 aliphatic heterocycles. The molecule has 2 amide bonds. The van der Waals surface area contributed by atoms with Crippen molar-refractivity contribution in [1.29, 1.82) is 0 Å². The topological polar surface area (TPSA) is 113 Å². The number of nitrogens with zero attached hydrogens (tertiary/aromatic N) is 2. The van der Waals surface area contributed by atoms with Gasteiger partial charge in [0, 0.05) is 19.3 Å². The molecule has 4 fully saturated rings. The number of hydrogen-bond donors (Lipinski definition) is 3. The number of amides is 2. The van der Waals surface area contributed by atoms with Gasteiger partial charge in [-0.05, 0) is 73.8 Å². The van der Waals surface area contributed by atoms with E-state index in [1.54, 1.807) is 22.6 Å². The van der Waals surface area contributed by atoms with Gasteiger partial charge in [0.1, 0.15) is 17.0 Å². The highest BCUT2D eigenvalue weighted by atomic mass is 16.4. The maximum Gasteiger partial charge on any atom is 0.305 e. The van der Waals surface area contributed by atoms with E-state index < -0.39 is 11.9 Å². The number of fused-ring (bicyclic) bond motifs is 1. The number of imidazole rings is 1. The van der Waals surface area contributed by atoms with Gasteiger partial charge in [-0.25, -0.2) is 4.98 Å². The average molecular weight is 425 g/mol. The maximum atomic E-state index is 13.1. The molecule has 6 rings (SSSR count). The van der Waals surface area contributed by atoms with Gasteiger partial charge in [-0.15, -0.1) is 0 Å². The van der Waals surface area contributed by atoms with Crippen LogP contribution < -0.4 is 10.6 Å². The third-order valence-electron chi connectivity index (χ3n) is 7.37. The fraction of sp³-hybridized carbons (Fsp3) is 0.565. The van der Waals surface area contributed by atoms with Crippen LogP contribution in [0.25, 0.3) is 5.65 Å². The number of aromatic nitrogens is 2. The predicted octanol–water partition coefficient (Wildman–Crippen LogP) is 2.48. The SMILES string of the molecule is O=C(O)CCNC(=O)c1cn2c(C(=O)NCC34CC5CC(CC(C5)C3)C4)cccc2n1. The Balaban J connectivity index is 1.28. The third kappa shape index (κ3) is 3.91. The van der Waals surface area contributed by atoms with Gasteiger partial charge in [-0.3, -0.25) is 18.8 Å². The molecule has 8 nitrogen and oxygen atoms in total. The molecule has 0 saturated heterocycles. The molecule has 4 aliphatic carbocycles. The van der Waals surface area contributed by atoms with Gasteiger partial charge in [0.25, 0.3) is 11.8 Å². The molecule has 2 aromatic heterocycles. The van der Waals surface area contributed by atoms with Crippen molar-refractivity contribution >= 4 is 23.4 Å². The number of carbonyl (C=O) groups is 3. The van der Waals surface area contributed by atoms with E-state index in [1.807, 2.05) is 0 Å². The van der Waals surface area contributed by atoms with Crippen molar-refractivity contribution in [3.05, 3.63) is 35.8 Å². The van der Waals surface area contributed by atoms with E-state index in [0.29, 0.717) is 17.9 Å². The molecule has 0 aromatic carbocycles. The van der Waals surface area contributed by atoms with Gasteiger partial charge in [0.15, 0.2) is 0 Å². The highest BCUT2D eigenvalue weighted by Crippen LogP contribution is 2.59. The number of carboxylic acids is 1. The summed E-state index contributed by atoms with van der Waals surface area (Å²) in [4.78, 5) is 40.3. The molecule has 8 heteroatoms. The van der Waals surface area contributed by atoms with E-state index in [-0.39, 0.29) is 30.0 Å². The molecule has 3 N–H and O–H groups in total.